The van der Waals surface area contributed by atoms with Gasteiger partial charge in [0.1, 0.15) is 10.7 Å². The number of benzene rings is 1. The molecule has 1 unspecified atom stereocenters. The number of hydrogen-bond donors (Lipinski definition) is 4. The number of aliphatic hydroxyl groups excluding tert-OH is 1. The molecule has 10 nitrogen and oxygen atoms in total. The molecular formula is C21H30BrN6O4S+. The van der Waals surface area contributed by atoms with E-state index in [1.165, 1.54) is 0 Å². The molecule has 1 amide bonds. The van der Waals surface area contributed by atoms with Gasteiger partial charge in [-0.1, -0.05) is 6.92 Å². The van der Waals surface area contributed by atoms with E-state index in [2.05, 4.69) is 41.3 Å². The maximum Gasteiger partial charge on any atom is 0.373 e. The molecule has 0 bridgehead atoms. The molecule has 2 heterocycles. The summed E-state index contributed by atoms with van der Waals surface area (Å²) in [5, 5.41) is 15.6. The Morgan fingerprint density at radius 2 is 2.09 bits per heavy atom. The van der Waals surface area contributed by atoms with Crippen LogP contribution in [0.5, 0.6) is 0 Å². The molecule has 180 valence electrons. The number of nitrogens with one attached hydrogen (secondary N) is 3. The number of carbonyl (C=O) groups is 1. The number of amides is 1. The van der Waals surface area contributed by atoms with Gasteiger partial charge in [-0.15, -0.1) is 0 Å². The van der Waals surface area contributed by atoms with E-state index in [1.54, 1.807) is 35.4 Å². The normalized spacial score (nSPS) is 16.5. The lowest BCUT2D eigenvalue weighted by Crippen LogP contribution is -2.30. The molecule has 1 aromatic heterocycles. The first-order valence-corrected chi connectivity index (χ1v) is 13.2. The number of rotatable bonds is 12. The van der Waals surface area contributed by atoms with Crippen LogP contribution < -0.4 is 15.4 Å². The van der Waals surface area contributed by atoms with Crippen LogP contribution in [0, 0.1) is 0 Å². The van der Waals surface area contributed by atoms with Gasteiger partial charge >= 0.3 is 10.0 Å². The first-order valence-electron chi connectivity index (χ1n) is 10.9. The van der Waals surface area contributed by atoms with E-state index < -0.39 is 10.0 Å². The van der Waals surface area contributed by atoms with Gasteiger partial charge in [0.05, 0.1) is 17.1 Å². The van der Waals surface area contributed by atoms with Gasteiger partial charge in [0.2, 0.25) is 11.9 Å². The number of carbonyl (C=O) groups excluding carboxylic acids is 1. The van der Waals surface area contributed by atoms with Crippen molar-refractivity contribution in [2.75, 3.05) is 36.9 Å². The van der Waals surface area contributed by atoms with Crippen LogP contribution >= 0.6 is 15.9 Å². The quantitative estimate of drug-likeness (QED) is 0.239. The van der Waals surface area contributed by atoms with Crippen molar-refractivity contribution < 1.29 is 18.3 Å². The number of likely N-dealkylation sites (tertiary alicyclic amines) is 1. The van der Waals surface area contributed by atoms with Crippen LogP contribution in [0.3, 0.4) is 0 Å². The molecule has 0 aliphatic carbocycles. The minimum Gasteiger partial charge on any atom is -0.394 e. The third-order valence-corrected chi connectivity index (χ3v) is 7.39. The molecule has 12 heteroatoms. The average molecular weight is 542 g/mol. The van der Waals surface area contributed by atoms with Gasteiger partial charge in [-0.25, -0.2) is 9.19 Å². The molecule has 2 atom stereocenters. The van der Waals surface area contributed by atoms with Gasteiger partial charge < -0.3 is 20.6 Å². The van der Waals surface area contributed by atoms with Crippen LogP contribution in [0.2, 0.25) is 0 Å². The zero-order valence-electron chi connectivity index (χ0n) is 18.5. The SMILES string of the molecule is CC[C@H](CO)Nc1nc(Nc2ccc(S(=O)(=[OH+])NCCCN3CCCC3=O)cc2)ncc1Br. The Bertz CT molecular complexity index is 1050. The van der Waals surface area contributed by atoms with Gasteiger partial charge in [-0.2, -0.15) is 13.9 Å². The second-order valence-corrected chi connectivity index (χ2v) is 10.4. The number of aromatic nitrogens is 2. The van der Waals surface area contributed by atoms with Crippen LogP contribution in [0.15, 0.2) is 39.8 Å². The Morgan fingerprint density at radius 3 is 2.73 bits per heavy atom. The summed E-state index contributed by atoms with van der Waals surface area (Å²) in [7, 11) is -3.39. The maximum absolute atomic E-state index is 12.6. The van der Waals surface area contributed by atoms with E-state index in [-0.39, 0.29) is 23.5 Å². The van der Waals surface area contributed by atoms with Crippen molar-refractivity contribution in [1.29, 1.82) is 0 Å². The van der Waals surface area contributed by atoms with Gasteiger partial charge in [0.15, 0.2) is 0 Å². The van der Waals surface area contributed by atoms with Gasteiger partial charge in [0, 0.05) is 37.9 Å². The molecular weight excluding hydrogens is 512 g/mol. The van der Waals surface area contributed by atoms with Crippen molar-refractivity contribution in [1.82, 2.24) is 19.6 Å². The molecule has 3 rings (SSSR count). The summed E-state index contributed by atoms with van der Waals surface area (Å²) in [6.45, 7) is 3.64. The van der Waals surface area contributed by atoms with Gasteiger partial charge in [0.25, 0.3) is 0 Å². The Morgan fingerprint density at radius 1 is 1.33 bits per heavy atom. The summed E-state index contributed by atoms with van der Waals surface area (Å²) in [6, 6.07) is 6.37. The summed E-state index contributed by atoms with van der Waals surface area (Å²) in [6.07, 6.45) is 4.43. The smallest absolute Gasteiger partial charge is 0.373 e. The summed E-state index contributed by atoms with van der Waals surface area (Å²) in [5.41, 5.74) is 0.656. The summed E-state index contributed by atoms with van der Waals surface area (Å²) in [5.74, 6) is 1.06. The molecule has 1 aromatic carbocycles. The minimum absolute atomic E-state index is 0.0119. The van der Waals surface area contributed by atoms with Crippen LogP contribution in [-0.4, -0.2) is 66.6 Å². The second-order valence-electron chi connectivity index (χ2n) is 7.73. The molecule has 33 heavy (non-hydrogen) atoms. The molecule has 1 aliphatic rings. The number of hydrogen-bond acceptors (Lipinski definition) is 7. The second kappa shape index (κ2) is 11.7. The lowest BCUT2D eigenvalue weighted by molar-refractivity contribution is -0.127. The van der Waals surface area contributed by atoms with Crippen molar-refractivity contribution >= 4 is 49.3 Å². The summed E-state index contributed by atoms with van der Waals surface area (Å²) in [4.78, 5) is 22.3. The van der Waals surface area contributed by atoms with Crippen LogP contribution in [0.4, 0.5) is 17.5 Å². The average Bonchev–Trinajstić information content (AvgIpc) is 3.22. The van der Waals surface area contributed by atoms with E-state index in [0.717, 1.165) is 19.4 Å². The Kier molecular flexibility index (Phi) is 9.01. The third kappa shape index (κ3) is 7.10. The number of anilines is 3. The molecule has 2 aromatic rings. The number of aliphatic hydroxyl groups is 1. The fourth-order valence-electron chi connectivity index (χ4n) is 3.35. The topological polar surface area (TPSA) is 141 Å². The lowest BCUT2D eigenvalue weighted by Gasteiger charge is -2.16. The predicted octanol–water partition coefficient (Wildman–Crippen LogP) is 2.61. The van der Waals surface area contributed by atoms with Crippen LogP contribution in [0.25, 0.3) is 0 Å². The predicted molar refractivity (Wildman–Crippen MR) is 131 cm³/mol. The van der Waals surface area contributed by atoms with Crippen molar-refractivity contribution in [3.63, 3.8) is 0 Å². The zero-order chi connectivity index (χ0) is 23.8. The molecule has 0 spiro atoms. The lowest BCUT2D eigenvalue weighted by atomic mass is 10.2. The van der Waals surface area contributed by atoms with Gasteiger partial charge in [-0.05, 0) is 59.5 Å². The summed E-state index contributed by atoms with van der Waals surface area (Å²) < 4.78 is 26.4. The van der Waals surface area contributed by atoms with Crippen molar-refractivity contribution in [3.05, 3.63) is 34.9 Å². The zero-order valence-corrected chi connectivity index (χ0v) is 20.9. The van der Waals surface area contributed by atoms with Crippen molar-refractivity contribution in [2.45, 2.75) is 43.5 Å². The van der Waals surface area contributed by atoms with Crippen molar-refractivity contribution in [2.24, 2.45) is 0 Å². The highest BCUT2D eigenvalue weighted by atomic mass is 79.9. The van der Waals surface area contributed by atoms with E-state index in [1.807, 2.05) is 6.92 Å². The van der Waals surface area contributed by atoms with E-state index in [4.69, 9.17) is 0 Å². The molecule has 1 fully saturated rings. The molecule has 0 radical (unpaired) electrons. The van der Waals surface area contributed by atoms with Crippen LogP contribution in [-0.2, 0) is 14.8 Å². The van der Waals surface area contributed by atoms with E-state index in [0.29, 0.717) is 47.9 Å². The highest BCUT2D eigenvalue weighted by Crippen LogP contribution is 2.23. The van der Waals surface area contributed by atoms with E-state index in [9.17, 15) is 18.3 Å². The fraction of sp³-hybridized carbons (Fsp3) is 0.476. The summed E-state index contributed by atoms with van der Waals surface area (Å²) >= 11 is 3.40. The van der Waals surface area contributed by atoms with Gasteiger partial charge in [-0.3, -0.25) is 4.79 Å². The Balaban J connectivity index is 1.56. The monoisotopic (exact) mass is 541 g/mol. The van der Waals surface area contributed by atoms with Crippen LogP contribution in [0.1, 0.15) is 32.6 Å². The molecule has 0 saturated carbocycles. The van der Waals surface area contributed by atoms with E-state index >= 15 is 0 Å². The molecule has 5 N–H and O–H groups in total. The Hall–Kier alpha value is -2.28. The largest absolute Gasteiger partial charge is 0.394 e. The number of nitrogens with zero attached hydrogens (tertiary/aromatic N) is 3. The molecule has 1 aliphatic heterocycles. The fourth-order valence-corrected chi connectivity index (χ4v) is 4.75. The third-order valence-electron chi connectivity index (χ3n) is 5.30. The van der Waals surface area contributed by atoms with Crippen molar-refractivity contribution in [3.8, 4) is 0 Å². The minimum atomic E-state index is -3.39. The Labute approximate surface area is 202 Å². The standard InChI is InChI=1S/C21H29BrN6O4S/c1-2-15(14-29)25-20-18(22)13-23-21(27-20)26-16-6-8-17(9-7-16)33(31,32)24-10-4-12-28-11-3-5-19(28)30/h6-9,13,15,29H,2-5,10-12,14H2,1H3,(H,24,31,32)(H2,23,25,26,27)/p+1/t15-/m1/s1. The highest BCUT2D eigenvalue weighted by Gasteiger charge is 2.22. The first-order chi connectivity index (χ1) is 15.8. The maximum atomic E-state index is 12.6. The number of halogens is 1. The first kappa shape index (κ1) is 25.3. The molecule has 1 saturated heterocycles. The highest BCUT2D eigenvalue weighted by molar-refractivity contribution is 9.10.